The van der Waals surface area contributed by atoms with E-state index in [0.29, 0.717) is 23.2 Å². The lowest BCUT2D eigenvalue weighted by Crippen LogP contribution is -2.43. The Kier molecular flexibility index (Phi) is 5.01. The van der Waals surface area contributed by atoms with Gasteiger partial charge in [-0.2, -0.15) is 0 Å². The maximum Gasteiger partial charge on any atom is 0.356 e. The normalized spacial score (nSPS) is 16.7. The third-order valence-corrected chi connectivity index (χ3v) is 4.19. The van der Waals surface area contributed by atoms with E-state index in [2.05, 4.69) is 21.7 Å². The smallest absolute Gasteiger partial charge is 0.356 e. The number of esters is 1. The number of rotatable bonds is 4. The van der Waals surface area contributed by atoms with Crippen molar-refractivity contribution in [3.8, 4) is 0 Å². The van der Waals surface area contributed by atoms with Crippen LogP contribution in [-0.2, 0) is 4.74 Å². The average molecular weight is 292 g/mol. The van der Waals surface area contributed by atoms with Gasteiger partial charge in [0.1, 0.15) is 0 Å². The second kappa shape index (κ2) is 6.76. The van der Waals surface area contributed by atoms with Crippen molar-refractivity contribution in [3.05, 3.63) is 17.8 Å². The highest BCUT2D eigenvalue weighted by molar-refractivity contribution is 5.88. The Morgan fingerprint density at radius 2 is 2.14 bits per heavy atom. The van der Waals surface area contributed by atoms with E-state index in [1.165, 1.54) is 7.11 Å². The van der Waals surface area contributed by atoms with Gasteiger partial charge in [-0.05, 0) is 31.5 Å². The fourth-order valence-electron chi connectivity index (χ4n) is 2.76. The van der Waals surface area contributed by atoms with Crippen LogP contribution in [0.5, 0.6) is 0 Å². The van der Waals surface area contributed by atoms with Gasteiger partial charge in [0.05, 0.1) is 12.8 Å². The number of hydrogen-bond donors (Lipinski definition) is 1. The van der Waals surface area contributed by atoms with Gasteiger partial charge in [-0.15, -0.1) is 0 Å². The Labute approximate surface area is 125 Å². The van der Waals surface area contributed by atoms with E-state index in [0.717, 1.165) is 32.5 Å². The van der Waals surface area contributed by atoms with E-state index < -0.39 is 5.97 Å². The van der Waals surface area contributed by atoms with Gasteiger partial charge in [-0.1, -0.05) is 6.92 Å². The van der Waals surface area contributed by atoms with E-state index in [1.807, 2.05) is 7.05 Å². The van der Waals surface area contributed by atoms with Crippen LogP contribution in [0.25, 0.3) is 0 Å². The molecule has 1 saturated heterocycles. The van der Waals surface area contributed by atoms with Crippen molar-refractivity contribution in [2.45, 2.75) is 25.8 Å². The minimum Gasteiger partial charge on any atom is -0.464 e. The molecular formula is C15H24N4O2. The Morgan fingerprint density at radius 3 is 2.71 bits per heavy atom. The molecule has 116 valence electrons. The number of nitrogens with zero attached hydrogens (tertiary/aromatic N) is 3. The molecule has 2 heterocycles. The van der Waals surface area contributed by atoms with Gasteiger partial charge in [0, 0.05) is 26.2 Å². The monoisotopic (exact) mass is 292 g/mol. The fraction of sp³-hybridized carbons (Fsp3) is 0.600. The van der Waals surface area contributed by atoms with E-state index in [1.54, 1.807) is 12.1 Å². The third-order valence-electron chi connectivity index (χ3n) is 4.19. The summed E-state index contributed by atoms with van der Waals surface area (Å²) < 4.78 is 4.72. The molecule has 6 heteroatoms. The van der Waals surface area contributed by atoms with Crippen molar-refractivity contribution < 1.29 is 9.53 Å². The van der Waals surface area contributed by atoms with Crippen LogP contribution in [0.15, 0.2) is 12.1 Å². The first-order valence-electron chi connectivity index (χ1n) is 7.36. The number of anilines is 2. The molecule has 6 nitrogen and oxygen atoms in total. The summed E-state index contributed by atoms with van der Waals surface area (Å²) >= 11 is 0. The number of hydrogen-bond acceptors (Lipinski definition) is 6. The summed E-state index contributed by atoms with van der Waals surface area (Å²) in [5, 5.41) is 0. The van der Waals surface area contributed by atoms with Gasteiger partial charge < -0.3 is 20.3 Å². The molecule has 2 N–H and O–H groups in total. The highest BCUT2D eigenvalue weighted by Crippen LogP contribution is 2.25. The Hall–Kier alpha value is -1.82. The molecule has 0 bridgehead atoms. The highest BCUT2D eigenvalue weighted by atomic mass is 16.5. The summed E-state index contributed by atoms with van der Waals surface area (Å²) in [7, 11) is 3.34. The van der Waals surface area contributed by atoms with Crippen molar-refractivity contribution in [3.63, 3.8) is 0 Å². The molecule has 0 spiro atoms. The standard InChI is InChI=1S/C15H24N4O2/c1-4-19-9-7-11(8-10-19)18(2)14-12(16)5-6-13(17-14)15(20)21-3/h5-6,11H,4,7-10,16H2,1-3H3. The zero-order chi connectivity index (χ0) is 15.4. The molecule has 0 unspecified atom stereocenters. The summed E-state index contributed by atoms with van der Waals surface area (Å²) in [6.07, 6.45) is 2.15. The predicted molar refractivity (Wildman–Crippen MR) is 83.5 cm³/mol. The molecule has 1 aromatic rings. The van der Waals surface area contributed by atoms with E-state index in [4.69, 9.17) is 10.5 Å². The van der Waals surface area contributed by atoms with Crippen LogP contribution >= 0.6 is 0 Å². The number of nitrogen functional groups attached to an aromatic ring is 1. The van der Waals surface area contributed by atoms with Crippen LogP contribution < -0.4 is 10.6 Å². The Bertz CT molecular complexity index is 498. The SMILES string of the molecule is CCN1CCC(N(C)c2nc(C(=O)OC)ccc2N)CC1. The zero-order valence-corrected chi connectivity index (χ0v) is 13.0. The molecular weight excluding hydrogens is 268 g/mol. The van der Waals surface area contributed by atoms with Gasteiger partial charge in [0.15, 0.2) is 11.5 Å². The van der Waals surface area contributed by atoms with E-state index in [-0.39, 0.29) is 0 Å². The average Bonchev–Trinajstić information content (AvgIpc) is 2.54. The number of carbonyl (C=O) groups is 1. The van der Waals surface area contributed by atoms with Crippen LogP contribution in [0.3, 0.4) is 0 Å². The summed E-state index contributed by atoms with van der Waals surface area (Å²) in [6.45, 7) is 5.45. The first-order chi connectivity index (χ1) is 10.1. The Morgan fingerprint density at radius 1 is 1.48 bits per heavy atom. The lowest BCUT2D eigenvalue weighted by Gasteiger charge is -2.37. The summed E-state index contributed by atoms with van der Waals surface area (Å²) in [6, 6.07) is 3.71. The van der Waals surface area contributed by atoms with Gasteiger partial charge in [-0.3, -0.25) is 0 Å². The van der Waals surface area contributed by atoms with Gasteiger partial charge in [-0.25, -0.2) is 9.78 Å². The molecule has 2 rings (SSSR count). The van der Waals surface area contributed by atoms with Gasteiger partial charge >= 0.3 is 5.97 Å². The maximum absolute atomic E-state index is 11.6. The van der Waals surface area contributed by atoms with Crippen LogP contribution in [-0.4, -0.2) is 55.7 Å². The maximum atomic E-state index is 11.6. The zero-order valence-electron chi connectivity index (χ0n) is 13.0. The Balaban J connectivity index is 2.15. The number of likely N-dealkylation sites (tertiary alicyclic amines) is 1. The summed E-state index contributed by atoms with van der Waals surface area (Å²) in [4.78, 5) is 20.5. The lowest BCUT2D eigenvalue weighted by molar-refractivity contribution is 0.0594. The van der Waals surface area contributed by atoms with Crippen molar-refractivity contribution in [2.24, 2.45) is 0 Å². The molecule has 21 heavy (non-hydrogen) atoms. The second-order valence-electron chi connectivity index (χ2n) is 5.38. The van der Waals surface area contributed by atoms with E-state index >= 15 is 0 Å². The van der Waals surface area contributed by atoms with Crippen LogP contribution in [0, 0.1) is 0 Å². The first-order valence-corrected chi connectivity index (χ1v) is 7.36. The number of ether oxygens (including phenoxy) is 1. The molecule has 0 aliphatic carbocycles. The van der Waals surface area contributed by atoms with E-state index in [9.17, 15) is 4.79 Å². The van der Waals surface area contributed by atoms with Crippen LogP contribution in [0.4, 0.5) is 11.5 Å². The van der Waals surface area contributed by atoms with Crippen molar-refractivity contribution in [1.29, 1.82) is 0 Å². The fourth-order valence-corrected chi connectivity index (χ4v) is 2.76. The van der Waals surface area contributed by atoms with Crippen LogP contribution in [0.2, 0.25) is 0 Å². The quantitative estimate of drug-likeness (QED) is 0.845. The minimum atomic E-state index is -0.439. The molecule has 1 aliphatic heterocycles. The minimum absolute atomic E-state index is 0.291. The molecule has 0 amide bonds. The van der Waals surface area contributed by atoms with Crippen molar-refractivity contribution >= 4 is 17.5 Å². The molecule has 0 aromatic carbocycles. The molecule has 1 fully saturated rings. The molecule has 1 aliphatic rings. The number of methoxy groups -OCH3 is 1. The number of nitrogens with two attached hydrogens (primary N) is 1. The molecule has 1 aromatic heterocycles. The van der Waals surface area contributed by atoms with Crippen molar-refractivity contribution in [1.82, 2.24) is 9.88 Å². The molecule has 0 atom stereocenters. The second-order valence-corrected chi connectivity index (χ2v) is 5.38. The van der Waals surface area contributed by atoms with Crippen LogP contribution in [0.1, 0.15) is 30.3 Å². The topological polar surface area (TPSA) is 71.7 Å². The van der Waals surface area contributed by atoms with Gasteiger partial charge in [0.2, 0.25) is 0 Å². The number of piperidine rings is 1. The highest BCUT2D eigenvalue weighted by Gasteiger charge is 2.24. The largest absolute Gasteiger partial charge is 0.464 e. The predicted octanol–water partition coefficient (Wildman–Crippen LogP) is 1.37. The van der Waals surface area contributed by atoms with Crippen molar-refractivity contribution in [2.75, 3.05) is 44.4 Å². The first kappa shape index (κ1) is 15.6. The lowest BCUT2D eigenvalue weighted by atomic mass is 10.0. The summed E-state index contributed by atoms with van der Waals surface area (Å²) in [5.74, 6) is 0.221. The van der Waals surface area contributed by atoms with Gasteiger partial charge in [0.25, 0.3) is 0 Å². The number of carbonyl (C=O) groups excluding carboxylic acids is 1. The third kappa shape index (κ3) is 3.44. The number of aromatic nitrogens is 1. The molecule has 0 saturated carbocycles. The summed E-state index contributed by atoms with van der Waals surface area (Å²) in [5.41, 5.74) is 6.90. The molecule has 0 radical (unpaired) electrons. The number of pyridine rings is 1.